The highest BCUT2D eigenvalue weighted by molar-refractivity contribution is 4.80. The highest BCUT2D eigenvalue weighted by Crippen LogP contribution is 1.88. The summed E-state index contributed by atoms with van der Waals surface area (Å²) < 4.78 is 0. The van der Waals surface area contributed by atoms with Gasteiger partial charge < -0.3 is 10.2 Å². The van der Waals surface area contributed by atoms with Gasteiger partial charge in [0.2, 0.25) is 0 Å². The first kappa shape index (κ1) is 7.66. The van der Waals surface area contributed by atoms with Gasteiger partial charge in [0.1, 0.15) is 0 Å². The highest BCUT2D eigenvalue weighted by Gasteiger charge is 1.88. The monoisotopic (exact) mass is 116 g/mol. The minimum absolute atomic E-state index is 0.341. The molecule has 8 heavy (non-hydrogen) atoms. The quantitative estimate of drug-likeness (QED) is 0.420. The summed E-state index contributed by atoms with van der Waals surface area (Å²) in [5.74, 6) is 0. The third-order valence-electron chi connectivity index (χ3n) is 0.749. The van der Waals surface area contributed by atoms with Gasteiger partial charge in [-0.3, -0.25) is 0 Å². The largest absolute Gasteiger partial charge is 0.368 e. The van der Waals surface area contributed by atoms with Crippen LogP contribution in [0, 0.1) is 0 Å². The van der Waals surface area contributed by atoms with Crippen molar-refractivity contribution < 1.29 is 10.2 Å². The lowest BCUT2D eigenvalue weighted by Gasteiger charge is -1.93. The van der Waals surface area contributed by atoms with E-state index >= 15 is 0 Å². The topological polar surface area (TPSA) is 40.5 Å². The van der Waals surface area contributed by atoms with Crippen LogP contribution in [-0.2, 0) is 0 Å². The minimum Gasteiger partial charge on any atom is -0.368 e. The molecule has 2 heteroatoms. The average molecular weight is 116 g/mol. The van der Waals surface area contributed by atoms with Gasteiger partial charge in [0.25, 0.3) is 0 Å². The molecular formula is C6H12O2. The molecule has 0 heterocycles. The zero-order chi connectivity index (χ0) is 6.41. The molecule has 2 nitrogen and oxygen atoms in total. The molecule has 0 aliphatic heterocycles. The summed E-state index contributed by atoms with van der Waals surface area (Å²) in [4.78, 5) is 0. The van der Waals surface area contributed by atoms with Crippen LogP contribution in [0.15, 0.2) is 12.2 Å². The molecule has 0 aliphatic carbocycles. The van der Waals surface area contributed by atoms with E-state index in [-0.39, 0.29) is 0 Å². The molecule has 0 unspecified atom stereocenters. The zero-order valence-electron chi connectivity index (χ0n) is 5.04. The van der Waals surface area contributed by atoms with Gasteiger partial charge in [-0.2, -0.15) is 0 Å². The van der Waals surface area contributed by atoms with Gasteiger partial charge in [-0.25, -0.2) is 0 Å². The SMILES string of the molecule is CCC=CCC(O)O. The van der Waals surface area contributed by atoms with Gasteiger partial charge >= 0.3 is 0 Å². The Morgan fingerprint density at radius 1 is 1.38 bits per heavy atom. The Balaban J connectivity index is 3.03. The van der Waals surface area contributed by atoms with E-state index in [9.17, 15) is 0 Å². The second-order valence-electron chi connectivity index (χ2n) is 1.60. The molecule has 0 amide bonds. The molecule has 0 saturated carbocycles. The van der Waals surface area contributed by atoms with Crippen molar-refractivity contribution in [1.82, 2.24) is 0 Å². The number of aliphatic hydroxyl groups is 2. The maximum absolute atomic E-state index is 8.28. The molecule has 0 aromatic carbocycles. The van der Waals surface area contributed by atoms with Gasteiger partial charge in [-0.15, -0.1) is 0 Å². The van der Waals surface area contributed by atoms with Crippen LogP contribution in [0.5, 0.6) is 0 Å². The van der Waals surface area contributed by atoms with E-state index in [1.807, 2.05) is 13.0 Å². The second-order valence-corrected chi connectivity index (χ2v) is 1.60. The van der Waals surface area contributed by atoms with Gasteiger partial charge in [0.15, 0.2) is 6.29 Å². The first-order chi connectivity index (χ1) is 3.77. The molecule has 0 radical (unpaired) electrons. The molecule has 0 fully saturated rings. The summed E-state index contributed by atoms with van der Waals surface area (Å²) >= 11 is 0. The van der Waals surface area contributed by atoms with E-state index in [0.717, 1.165) is 6.42 Å². The Labute approximate surface area is 49.5 Å². The van der Waals surface area contributed by atoms with Crippen molar-refractivity contribution in [2.75, 3.05) is 0 Å². The van der Waals surface area contributed by atoms with Crippen LogP contribution in [0.3, 0.4) is 0 Å². The van der Waals surface area contributed by atoms with Gasteiger partial charge in [0, 0.05) is 6.42 Å². The van der Waals surface area contributed by atoms with Gasteiger partial charge in [0.05, 0.1) is 0 Å². The predicted molar refractivity (Wildman–Crippen MR) is 32.3 cm³/mol. The van der Waals surface area contributed by atoms with E-state index in [1.165, 1.54) is 0 Å². The summed E-state index contributed by atoms with van der Waals surface area (Å²) in [5, 5.41) is 16.6. The molecule has 0 aromatic rings. The molecule has 48 valence electrons. The summed E-state index contributed by atoms with van der Waals surface area (Å²) in [6.45, 7) is 2.00. The van der Waals surface area contributed by atoms with Crippen LogP contribution >= 0.6 is 0 Å². The highest BCUT2D eigenvalue weighted by atomic mass is 16.5. The van der Waals surface area contributed by atoms with Gasteiger partial charge in [-0.1, -0.05) is 19.1 Å². The fourth-order valence-corrected chi connectivity index (χ4v) is 0.385. The third kappa shape index (κ3) is 5.66. The number of allylic oxidation sites excluding steroid dienone is 1. The fraction of sp³-hybridized carbons (Fsp3) is 0.667. The first-order valence-electron chi connectivity index (χ1n) is 2.78. The molecule has 0 atom stereocenters. The number of hydrogen-bond acceptors (Lipinski definition) is 2. The van der Waals surface area contributed by atoms with Crippen LogP contribution in [-0.4, -0.2) is 16.5 Å². The smallest absolute Gasteiger partial charge is 0.154 e. The molecular weight excluding hydrogens is 104 g/mol. The maximum Gasteiger partial charge on any atom is 0.154 e. The molecule has 0 spiro atoms. The third-order valence-corrected chi connectivity index (χ3v) is 0.749. The van der Waals surface area contributed by atoms with Crippen LogP contribution in [0.2, 0.25) is 0 Å². The van der Waals surface area contributed by atoms with Gasteiger partial charge in [-0.05, 0) is 6.42 Å². The standard InChI is InChI=1S/C6H12O2/c1-2-3-4-5-6(7)8/h3-4,6-8H,2,5H2,1H3. The maximum atomic E-state index is 8.28. The fourth-order valence-electron chi connectivity index (χ4n) is 0.385. The summed E-state index contributed by atoms with van der Waals surface area (Å²) in [6, 6.07) is 0. The summed E-state index contributed by atoms with van der Waals surface area (Å²) in [7, 11) is 0. The number of rotatable bonds is 3. The van der Waals surface area contributed by atoms with Crippen molar-refractivity contribution in [3.05, 3.63) is 12.2 Å². The van der Waals surface area contributed by atoms with Crippen molar-refractivity contribution in [3.63, 3.8) is 0 Å². The number of hydrogen-bond donors (Lipinski definition) is 2. The average Bonchev–Trinajstić information content (AvgIpc) is 1.66. The minimum atomic E-state index is -1.18. The van der Waals surface area contributed by atoms with E-state index in [1.54, 1.807) is 6.08 Å². The molecule has 2 N–H and O–H groups in total. The van der Waals surface area contributed by atoms with Crippen molar-refractivity contribution in [1.29, 1.82) is 0 Å². The number of aliphatic hydroxyl groups excluding tert-OH is 1. The van der Waals surface area contributed by atoms with E-state index in [0.29, 0.717) is 6.42 Å². The molecule has 0 aromatic heterocycles. The van der Waals surface area contributed by atoms with Crippen LogP contribution in [0.4, 0.5) is 0 Å². The molecule has 0 saturated heterocycles. The Hall–Kier alpha value is -0.340. The van der Waals surface area contributed by atoms with E-state index in [4.69, 9.17) is 10.2 Å². The first-order valence-corrected chi connectivity index (χ1v) is 2.78. The van der Waals surface area contributed by atoms with Crippen LogP contribution < -0.4 is 0 Å². The molecule has 0 rings (SSSR count). The van der Waals surface area contributed by atoms with Crippen molar-refractivity contribution in [3.8, 4) is 0 Å². The van der Waals surface area contributed by atoms with E-state index in [2.05, 4.69) is 0 Å². The Morgan fingerprint density at radius 2 is 2.00 bits per heavy atom. The Morgan fingerprint density at radius 3 is 2.38 bits per heavy atom. The lowest BCUT2D eigenvalue weighted by Crippen LogP contribution is -2.00. The lowest BCUT2D eigenvalue weighted by molar-refractivity contribution is -0.0361. The van der Waals surface area contributed by atoms with Crippen molar-refractivity contribution in [2.24, 2.45) is 0 Å². The molecule has 0 aliphatic rings. The zero-order valence-corrected chi connectivity index (χ0v) is 5.04. The van der Waals surface area contributed by atoms with Crippen LogP contribution in [0.25, 0.3) is 0 Å². The van der Waals surface area contributed by atoms with Crippen molar-refractivity contribution in [2.45, 2.75) is 26.1 Å². The van der Waals surface area contributed by atoms with E-state index < -0.39 is 6.29 Å². The Bertz CT molecular complexity index is 66.9. The molecule has 0 bridgehead atoms. The van der Waals surface area contributed by atoms with Crippen LogP contribution in [0.1, 0.15) is 19.8 Å². The second kappa shape index (κ2) is 4.81. The summed E-state index contributed by atoms with van der Waals surface area (Å²) in [5.41, 5.74) is 0. The Kier molecular flexibility index (Phi) is 4.61. The summed E-state index contributed by atoms with van der Waals surface area (Å²) in [6.07, 6.45) is 3.77. The predicted octanol–water partition coefficient (Wildman–Crippen LogP) is 0.653. The lowest BCUT2D eigenvalue weighted by atomic mass is 10.3. The normalized spacial score (nSPS) is 11.5. The van der Waals surface area contributed by atoms with Crippen molar-refractivity contribution >= 4 is 0 Å².